The second-order valence-electron chi connectivity index (χ2n) is 11.8. The van der Waals surface area contributed by atoms with Crippen molar-refractivity contribution in [1.82, 2.24) is 20.3 Å². The number of hydrogen-bond acceptors (Lipinski definition) is 7. The summed E-state index contributed by atoms with van der Waals surface area (Å²) in [7, 11) is -2.95. The molecule has 1 amide bonds. The van der Waals surface area contributed by atoms with Crippen LogP contribution < -0.4 is 5.32 Å². The molecule has 0 radical (unpaired) electrons. The maximum atomic E-state index is 12.7. The van der Waals surface area contributed by atoms with Gasteiger partial charge < -0.3 is 5.32 Å². The average molecular weight is 561 g/mol. The van der Waals surface area contributed by atoms with E-state index in [2.05, 4.69) is 67.3 Å². The lowest BCUT2D eigenvalue weighted by Gasteiger charge is -2.22. The molecular weight excluding hydrogens is 528 g/mol. The molecule has 2 aliphatic carbocycles. The molecule has 1 aromatic carbocycles. The Morgan fingerprint density at radius 2 is 1.97 bits per heavy atom. The minimum absolute atomic E-state index is 0.0794. The van der Waals surface area contributed by atoms with Gasteiger partial charge in [0, 0.05) is 23.1 Å². The average Bonchev–Trinajstić information content (AvgIpc) is 3.52. The smallest absolute Gasteiger partial charge is 0.263 e. The molecule has 1 saturated carbocycles. The Labute approximate surface area is 233 Å². The van der Waals surface area contributed by atoms with E-state index in [0.29, 0.717) is 29.7 Å². The molecule has 1 aliphatic heterocycles. The fraction of sp³-hybridized carbons (Fsp3) is 0.400. The van der Waals surface area contributed by atoms with Crippen molar-refractivity contribution >= 4 is 33.2 Å². The van der Waals surface area contributed by atoms with Gasteiger partial charge in [-0.2, -0.15) is 0 Å². The van der Waals surface area contributed by atoms with Crippen LogP contribution in [0.15, 0.2) is 47.9 Å². The third kappa shape index (κ3) is 5.10. The SMILES string of the molecule is Cc1cc(-c2ncnc3c2C2CC2C(C2=CCS(=O)(=O)CC2)=C3)ccc1CNC(=O)c1cnc(C(C)(C)C)s1. The van der Waals surface area contributed by atoms with Crippen molar-refractivity contribution in [3.05, 3.63) is 80.2 Å². The number of carbonyl (C=O) groups excluding carboxylic acids is 1. The molecule has 0 spiro atoms. The normalized spacial score (nSPS) is 21.3. The molecule has 3 aromatic rings. The van der Waals surface area contributed by atoms with Gasteiger partial charge in [-0.05, 0) is 66.0 Å². The summed E-state index contributed by atoms with van der Waals surface area (Å²) < 4.78 is 23.8. The van der Waals surface area contributed by atoms with Crippen molar-refractivity contribution in [3.63, 3.8) is 0 Å². The summed E-state index contributed by atoms with van der Waals surface area (Å²) in [6.07, 6.45) is 8.96. The summed E-state index contributed by atoms with van der Waals surface area (Å²) in [5.41, 5.74) is 8.62. The topological polar surface area (TPSA) is 102 Å². The highest BCUT2D eigenvalue weighted by molar-refractivity contribution is 7.91. The van der Waals surface area contributed by atoms with E-state index in [1.54, 1.807) is 12.5 Å². The molecule has 6 rings (SSSR count). The lowest BCUT2D eigenvalue weighted by atomic mass is 9.87. The first-order valence-corrected chi connectivity index (χ1v) is 15.9. The molecule has 2 atom stereocenters. The Bertz CT molecular complexity index is 1660. The highest BCUT2D eigenvalue weighted by atomic mass is 32.2. The number of carbonyl (C=O) groups is 1. The molecule has 1 N–H and O–H groups in total. The molecule has 202 valence electrons. The molecule has 9 heteroatoms. The zero-order valence-corrected chi connectivity index (χ0v) is 24.2. The van der Waals surface area contributed by atoms with Crippen LogP contribution in [0.3, 0.4) is 0 Å². The molecule has 2 aromatic heterocycles. The predicted molar refractivity (Wildman–Crippen MR) is 154 cm³/mol. The number of hydrogen-bond donors (Lipinski definition) is 1. The first-order valence-electron chi connectivity index (χ1n) is 13.3. The van der Waals surface area contributed by atoms with Crippen LogP contribution in [0.1, 0.15) is 76.6 Å². The van der Waals surface area contributed by atoms with Gasteiger partial charge in [0.2, 0.25) is 0 Å². The van der Waals surface area contributed by atoms with Crippen LogP contribution in [0.5, 0.6) is 0 Å². The number of allylic oxidation sites excluding steroid dienone is 2. The summed E-state index contributed by atoms with van der Waals surface area (Å²) in [6, 6.07) is 6.28. The van der Waals surface area contributed by atoms with Crippen molar-refractivity contribution in [2.24, 2.45) is 5.92 Å². The third-order valence-corrected chi connectivity index (χ3v) is 10.8. The van der Waals surface area contributed by atoms with Crippen LogP contribution in [0.25, 0.3) is 17.3 Å². The lowest BCUT2D eigenvalue weighted by Crippen LogP contribution is -2.22. The maximum Gasteiger partial charge on any atom is 0.263 e. The zero-order valence-electron chi connectivity index (χ0n) is 22.6. The largest absolute Gasteiger partial charge is 0.347 e. The fourth-order valence-electron chi connectivity index (χ4n) is 5.53. The van der Waals surface area contributed by atoms with Gasteiger partial charge in [0.1, 0.15) is 11.2 Å². The van der Waals surface area contributed by atoms with E-state index in [-0.39, 0.29) is 22.8 Å². The Hall–Kier alpha value is -3.17. The summed E-state index contributed by atoms with van der Waals surface area (Å²) in [5, 5.41) is 3.99. The van der Waals surface area contributed by atoms with Gasteiger partial charge in [-0.15, -0.1) is 11.3 Å². The van der Waals surface area contributed by atoms with E-state index >= 15 is 0 Å². The molecule has 3 aliphatic rings. The Morgan fingerprint density at radius 3 is 2.67 bits per heavy atom. The molecule has 7 nitrogen and oxygen atoms in total. The third-order valence-electron chi connectivity index (χ3n) is 7.83. The van der Waals surface area contributed by atoms with Gasteiger partial charge in [-0.25, -0.2) is 23.4 Å². The summed E-state index contributed by atoms with van der Waals surface area (Å²) in [5.74, 6) is 1.03. The number of aryl methyl sites for hydroxylation is 1. The van der Waals surface area contributed by atoms with Crippen LogP contribution >= 0.6 is 11.3 Å². The monoisotopic (exact) mass is 560 g/mol. The number of nitrogens with zero attached hydrogens (tertiary/aromatic N) is 3. The first kappa shape index (κ1) is 26.1. The van der Waals surface area contributed by atoms with Crippen LogP contribution in [0.4, 0.5) is 0 Å². The maximum absolute atomic E-state index is 12.7. The van der Waals surface area contributed by atoms with Crippen LogP contribution in [-0.2, 0) is 21.8 Å². The summed E-state index contributed by atoms with van der Waals surface area (Å²) in [6.45, 7) is 8.78. The number of fused-ring (bicyclic) bond motifs is 3. The van der Waals surface area contributed by atoms with Crippen LogP contribution in [0.2, 0.25) is 0 Å². The number of aromatic nitrogens is 3. The minimum Gasteiger partial charge on any atom is -0.347 e. The highest BCUT2D eigenvalue weighted by Crippen LogP contribution is 2.59. The van der Waals surface area contributed by atoms with Crippen molar-refractivity contribution in [1.29, 1.82) is 0 Å². The second-order valence-corrected chi connectivity index (χ2v) is 15.0. The van der Waals surface area contributed by atoms with Crippen molar-refractivity contribution in [2.45, 2.75) is 58.4 Å². The number of nitrogens with one attached hydrogen (secondary N) is 1. The summed E-state index contributed by atoms with van der Waals surface area (Å²) >= 11 is 1.44. The molecule has 0 saturated heterocycles. The van der Waals surface area contributed by atoms with E-state index in [0.717, 1.165) is 39.5 Å². The Morgan fingerprint density at radius 1 is 1.15 bits per heavy atom. The fourth-order valence-corrected chi connectivity index (χ4v) is 7.58. The van der Waals surface area contributed by atoms with E-state index in [9.17, 15) is 13.2 Å². The van der Waals surface area contributed by atoms with Gasteiger partial charge in [0.05, 0.1) is 34.1 Å². The molecule has 2 unspecified atom stereocenters. The predicted octanol–water partition coefficient (Wildman–Crippen LogP) is 5.38. The van der Waals surface area contributed by atoms with Gasteiger partial charge in [0.25, 0.3) is 5.91 Å². The van der Waals surface area contributed by atoms with E-state index < -0.39 is 9.84 Å². The van der Waals surface area contributed by atoms with Gasteiger partial charge >= 0.3 is 0 Å². The zero-order chi connectivity index (χ0) is 27.5. The summed E-state index contributed by atoms with van der Waals surface area (Å²) in [4.78, 5) is 27.1. The van der Waals surface area contributed by atoms with Gasteiger partial charge in [0.15, 0.2) is 9.84 Å². The Balaban J connectivity index is 1.21. The van der Waals surface area contributed by atoms with Gasteiger partial charge in [-0.3, -0.25) is 4.79 Å². The van der Waals surface area contributed by atoms with Crippen molar-refractivity contribution < 1.29 is 13.2 Å². The van der Waals surface area contributed by atoms with E-state index in [1.165, 1.54) is 28.0 Å². The number of sulfone groups is 1. The first-order chi connectivity index (χ1) is 18.5. The minimum atomic E-state index is -2.95. The van der Waals surface area contributed by atoms with E-state index in [1.807, 2.05) is 6.08 Å². The van der Waals surface area contributed by atoms with Gasteiger partial charge in [-0.1, -0.05) is 39.0 Å². The Kier molecular flexibility index (Phi) is 6.34. The molecular formula is C30H32N4O3S2. The van der Waals surface area contributed by atoms with Crippen molar-refractivity contribution in [3.8, 4) is 11.3 Å². The number of thiazole rings is 1. The quantitative estimate of drug-likeness (QED) is 0.450. The second kappa shape index (κ2) is 9.48. The molecule has 39 heavy (non-hydrogen) atoms. The number of benzene rings is 1. The highest BCUT2D eigenvalue weighted by Gasteiger charge is 2.47. The lowest BCUT2D eigenvalue weighted by molar-refractivity contribution is 0.0954. The number of amides is 1. The number of rotatable bonds is 5. The van der Waals surface area contributed by atoms with Crippen LogP contribution in [0, 0.1) is 12.8 Å². The van der Waals surface area contributed by atoms with E-state index in [4.69, 9.17) is 4.98 Å². The molecule has 0 bridgehead atoms. The molecule has 3 heterocycles. The standard InChI is InChI=1S/C30H32N4O3S2/c1-17-11-19(5-6-20(17)14-31-28(35)25-15-32-29(38-25)30(2,3)4)27-26-23-12-22(23)21(13-24(26)33-16-34-27)18-7-9-39(36,37)10-8-18/h5-7,11,13,15-16,22-23H,8-10,12,14H2,1-4H3,(H,31,35). The van der Waals surface area contributed by atoms with Crippen LogP contribution in [-0.4, -0.2) is 40.8 Å². The molecule has 1 fully saturated rings. The van der Waals surface area contributed by atoms with Crippen molar-refractivity contribution in [2.75, 3.05) is 11.5 Å².